The van der Waals surface area contributed by atoms with E-state index in [0.29, 0.717) is 23.4 Å². The maximum absolute atomic E-state index is 12.0. The second-order valence-electron chi connectivity index (χ2n) is 7.77. The number of hydrogen-bond acceptors (Lipinski definition) is 5. The Morgan fingerprint density at radius 3 is 2.70 bits per heavy atom. The lowest BCUT2D eigenvalue weighted by molar-refractivity contribution is -0.118. The van der Waals surface area contributed by atoms with Crippen LogP contribution in [-0.4, -0.2) is 28.9 Å². The topological polar surface area (TPSA) is 128 Å². The smallest absolute Gasteiger partial charge is 0.242 e. The molecule has 0 saturated heterocycles. The first-order chi connectivity index (χ1) is 13.0. The lowest BCUT2D eigenvalue weighted by Gasteiger charge is -2.19. The number of rotatable bonds is 5. The first kappa shape index (κ1) is 19.1. The predicted octanol–water partition coefficient (Wildman–Crippen LogP) is 2.03. The molecule has 8 nitrogen and oxygen atoms in total. The van der Waals surface area contributed by atoms with E-state index in [1.165, 1.54) is 19.3 Å². The van der Waals surface area contributed by atoms with Crippen molar-refractivity contribution in [2.75, 3.05) is 10.6 Å². The van der Waals surface area contributed by atoms with Crippen molar-refractivity contribution in [2.45, 2.75) is 51.6 Å². The highest BCUT2D eigenvalue weighted by molar-refractivity contribution is 5.96. The average molecular weight is 369 g/mol. The SMILES string of the molecule is CC(C)[C@H](N)C(=O)Nc1ccc(NC(=N[C@H]2C[C@@H]3CC[C@H]2C3)NC#N)cn1. The van der Waals surface area contributed by atoms with Crippen molar-refractivity contribution in [3.05, 3.63) is 18.3 Å². The molecule has 0 aromatic carbocycles. The monoisotopic (exact) mass is 369 g/mol. The molecular weight excluding hydrogens is 342 g/mol. The number of carbonyl (C=O) groups is 1. The normalized spacial score (nSPS) is 25.1. The number of nitrogens with zero attached hydrogens (tertiary/aromatic N) is 3. The Morgan fingerprint density at radius 1 is 1.33 bits per heavy atom. The first-order valence-electron chi connectivity index (χ1n) is 9.48. The number of aliphatic imine (C=N–C) groups is 1. The van der Waals surface area contributed by atoms with Gasteiger partial charge in [-0.05, 0) is 49.1 Å². The van der Waals surface area contributed by atoms with Crippen LogP contribution in [0.15, 0.2) is 23.3 Å². The summed E-state index contributed by atoms with van der Waals surface area (Å²) in [5, 5.41) is 17.4. The Morgan fingerprint density at radius 2 is 2.15 bits per heavy atom. The molecule has 0 unspecified atom stereocenters. The second-order valence-corrected chi connectivity index (χ2v) is 7.77. The fraction of sp³-hybridized carbons (Fsp3) is 0.579. The van der Waals surface area contributed by atoms with Gasteiger partial charge in [0.25, 0.3) is 0 Å². The van der Waals surface area contributed by atoms with E-state index in [1.807, 2.05) is 20.0 Å². The van der Waals surface area contributed by atoms with Gasteiger partial charge in [-0.15, -0.1) is 0 Å². The molecule has 144 valence electrons. The molecule has 1 aromatic rings. The maximum atomic E-state index is 12.0. The van der Waals surface area contributed by atoms with Gasteiger partial charge in [-0.25, -0.2) is 9.98 Å². The number of guanidine groups is 1. The molecule has 5 N–H and O–H groups in total. The molecule has 2 aliphatic rings. The molecule has 2 saturated carbocycles. The van der Waals surface area contributed by atoms with Gasteiger partial charge < -0.3 is 16.4 Å². The van der Waals surface area contributed by atoms with Crippen LogP contribution in [0.25, 0.3) is 0 Å². The van der Waals surface area contributed by atoms with Crippen LogP contribution in [0, 0.1) is 29.2 Å². The summed E-state index contributed by atoms with van der Waals surface area (Å²) in [6, 6.07) is 3.16. The quantitative estimate of drug-likeness (QED) is 0.272. The van der Waals surface area contributed by atoms with Gasteiger partial charge in [-0.2, -0.15) is 5.26 Å². The molecule has 2 fully saturated rings. The zero-order valence-corrected chi connectivity index (χ0v) is 15.8. The summed E-state index contributed by atoms with van der Waals surface area (Å²) in [4.78, 5) is 20.9. The molecule has 8 heteroatoms. The summed E-state index contributed by atoms with van der Waals surface area (Å²) < 4.78 is 0. The minimum atomic E-state index is -0.579. The molecule has 0 aliphatic heterocycles. The number of nitrogens with two attached hydrogens (primary N) is 1. The molecule has 3 rings (SSSR count). The summed E-state index contributed by atoms with van der Waals surface area (Å²) in [5.74, 6) is 2.08. The van der Waals surface area contributed by atoms with E-state index in [9.17, 15) is 4.79 Å². The summed E-state index contributed by atoms with van der Waals surface area (Å²) >= 11 is 0. The summed E-state index contributed by atoms with van der Waals surface area (Å²) in [5.41, 5.74) is 6.52. The van der Waals surface area contributed by atoms with Crippen molar-refractivity contribution < 1.29 is 4.79 Å². The van der Waals surface area contributed by atoms with Crippen LogP contribution in [0.3, 0.4) is 0 Å². The number of carbonyl (C=O) groups excluding carboxylic acids is 1. The highest BCUT2D eigenvalue weighted by Gasteiger charge is 2.39. The summed E-state index contributed by atoms with van der Waals surface area (Å²) in [6.07, 6.45) is 8.41. The number of fused-ring (bicyclic) bond motifs is 2. The van der Waals surface area contributed by atoms with E-state index in [0.717, 1.165) is 12.3 Å². The zero-order valence-electron chi connectivity index (χ0n) is 15.8. The van der Waals surface area contributed by atoms with Crippen LogP contribution < -0.4 is 21.7 Å². The van der Waals surface area contributed by atoms with E-state index in [1.54, 1.807) is 18.3 Å². The third-order valence-electron chi connectivity index (χ3n) is 5.47. The number of hydrogen-bond donors (Lipinski definition) is 4. The highest BCUT2D eigenvalue weighted by Crippen LogP contribution is 2.45. The van der Waals surface area contributed by atoms with E-state index >= 15 is 0 Å². The van der Waals surface area contributed by atoms with Gasteiger partial charge in [0.05, 0.1) is 24.0 Å². The third-order valence-corrected chi connectivity index (χ3v) is 5.47. The van der Waals surface area contributed by atoms with E-state index in [4.69, 9.17) is 16.0 Å². The minimum Gasteiger partial charge on any atom is -0.324 e. The zero-order chi connectivity index (χ0) is 19.4. The van der Waals surface area contributed by atoms with E-state index in [2.05, 4.69) is 20.9 Å². The van der Waals surface area contributed by atoms with E-state index < -0.39 is 6.04 Å². The number of amides is 1. The third kappa shape index (κ3) is 4.74. The lowest BCUT2D eigenvalue weighted by atomic mass is 9.96. The summed E-state index contributed by atoms with van der Waals surface area (Å²) in [7, 11) is 0. The van der Waals surface area contributed by atoms with Crippen LogP contribution in [0.2, 0.25) is 0 Å². The highest BCUT2D eigenvalue weighted by atomic mass is 16.2. The van der Waals surface area contributed by atoms with Crippen molar-refractivity contribution in [1.82, 2.24) is 10.3 Å². The Labute approximate surface area is 159 Å². The Kier molecular flexibility index (Phi) is 5.91. The Hall–Kier alpha value is -2.66. The molecular formula is C19H27N7O. The maximum Gasteiger partial charge on any atom is 0.242 e. The second kappa shape index (κ2) is 8.35. The van der Waals surface area contributed by atoms with E-state index in [-0.39, 0.29) is 17.9 Å². The molecule has 0 radical (unpaired) electrons. The molecule has 1 aromatic heterocycles. The molecule has 4 atom stereocenters. The molecule has 2 bridgehead atoms. The molecule has 0 spiro atoms. The largest absolute Gasteiger partial charge is 0.324 e. The molecule has 2 aliphatic carbocycles. The number of pyridine rings is 1. The number of nitriles is 1. The molecule has 1 heterocycles. The molecule has 27 heavy (non-hydrogen) atoms. The average Bonchev–Trinajstić information content (AvgIpc) is 3.25. The van der Waals surface area contributed by atoms with Crippen molar-refractivity contribution in [2.24, 2.45) is 28.5 Å². The Balaban J connectivity index is 1.62. The number of anilines is 2. The minimum absolute atomic E-state index is 0.0487. The van der Waals surface area contributed by atoms with Crippen LogP contribution in [0.4, 0.5) is 11.5 Å². The summed E-state index contributed by atoms with van der Waals surface area (Å²) in [6.45, 7) is 3.79. The van der Waals surface area contributed by atoms with Gasteiger partial charge in [0.2, 0.25) is 11.9 Å². The molecule has 1 amide bonds. The van der Waals surface area contributed by atoms with Gasteiger partial charge in [-0.1, -0.05) is 20.3 Å². The van der Waals surface area contributed by atoms with Crippen molar-refractivity contribution in [1.29, 1.82) is 5.26 Å². The van der Waals surface area contributed by atoms with Crippen LogP contribution >= 0.6 is 0 Å². The van der Waals surface area contributed by atoms with Gasteiger partial charge in [0, 0.05) is 0 Å². The van der Waals surface area contributed by atoms with Gasteiger partial charge in [-0.3, -0.25) is 10.1 Å². The van der Waals surface area contributed by atoms with Crippen LogP contribution in [-0.2, 0) is 4.79 Å². The van der Waals surface area contributed by atoms with Crippen molar-refractivity contribution in [3.63, 3.8) is 0 Å². The van der Waals surface area contributed by atoms with Gasteiger partial charge in [0.1, 0.15) is 5.82 Å². The predicted molar refractivity (Wildman–Crippen MR) is 105 cm³/mol. The fourth-order valence-corrected chi connectivity index (χ4v) is 3.87. The van der Waals surface area contributed by atoms with Crippen LogP contribution in [0.5, 0.6) is 0 Å². The fourth-order valence-electron chi connectivity index (χ4n) is 3.87. The Bertz CT molecular complexity index is 737. The van der Waals surface area contributed by atoms with Gasteiger partial charge >= 0.3 is 0 Å². The number of aromatic nitrogens is 1. The first-order valence-corrected chi connectivity index (χ1v) is 9.48. The van der Waals surface area contributed by atoms with Crippen molar-refractivity contribution in [3.8, 4) is 6.19 Å². The van der Waals surface area contributed by atoms with Crippen LogP contribution in [0.1, 0.15) is 39.5 Å². The van der Waals surface area contributed by atoms with Gasteiger partial charge in [0.15, 0.2) is 6.19 Å². The lowest BCUT2D eigenvalue weighted by Crippen LogP contribution is -2.39. The standard InChI is InChI=1S/C19H27N7O/c1-11(2)17(21)18(27)26-16-6-5-14(9-22-16)24-19(23-10-20)25-15-8-12-3-4-13(15)7-12/h5-6,9,11-13,15,17H,3-4,7-8,21H2,1-2H3,(H,22,26,27)(H2,23,24,25)/t12-,13+,15+,17+/m1/s1. The van der Waals surface area contributed by atoms with Crippen molar-refractivity contribution >= 4 is 23.4 Å². The number of nitrogens with one attached hydrogen (secondary N) is 3.